The van der Waals surface area contributed by atoms with Gasteiger partial charge in [0.1, 0.15) is 0 Å². The van der Waals surface area contributed by atoms with Crippen LogP contribution in [0.3, 0.4) is 0 Å². The number of nitrogens with two attached hydrogens (primary N) is 1. The van der Waals surface area contributed by atoms with Crippen LogP contribution in [0.25, 0.3) is 0 Å². The van der Waals surface area contributed by atoms with Gasteiger partial charge >= 0.3 is 0 Å². The van der Waals surface area contributed by atoms with Crippen molar-refractivity contribution < 1.29 is 4.79 Å². The Morgan fingerprint density at radius 1 is 1.13 bits per heavy atom. The fraction of sp³-hybridized carbons (Fsp3) is 0.923. The molecule has 0 bridgehead atoms. The predicted octanol–water partition coefficient (Wildman–Crippen LogP) is 3.35. The van der Waals surface area contributed by atoms with Gasteiger partial charge in [0.2, 0.25) is 5.91 Å². The molecule has 0 saturated carbocycles. The molecule has 90 valence electrons. The number of hydrogen-bond acceptors (Lipinski definition) is 1. The van der Waals surface area contributed by atoms with Gasteiger partial charge in [-0.2, -0.15) is 0 Å². The number of rotatable bonds is 8. The van der Waals surface area contributed by atoms with Crippen LogP contribution >= 0.6 is 0 Å². The summed E-state index contributed by atoms with van der Waals surface area (Å²) in [6.45, 7) is 8.55. The first kappa shape index (κ1) is 14.5. The van der Waals surface area contributed by atoms with Gasteiger partial charge in [0.25, 0.3) is 0 Å². The summed E-state index contributed by atoms with van der Waals surface area (Å²) in [4.78, 5) is 11.2. The topological polar surface area (TPSA) is 43.1 Å². The minimum Gasteiger partial charge on any atom is -0.369 e. The van der Waals surface area contributed by atoms with Crippen LogP contribution in [-0.4, -0.2) is 5.91 Å². The van der Waals surface area contributed by atoms with Gasteiger partial charge in [-0.3, -0.25) is 4.79 Å². The van der Waals surface area contributed by atoms with Crippen molar-refractivity contribution in [1.82, 2.24) is 0 Å². The van der Waals surface area contributed by atoms with Crippen LogP contribution in [0.15, 0.2) is 0 Å². The van der Waals surface area contributed by atoms with E-state index >= 15 is 0 Å². The second kappa shape index (κ2) is 7.72. The number of unbranched alkanes of at least 4 members (excludes halogenated alkanes) is 3. The molecule has 0 fully saturated rings. The average Bonchev–Trinajstić information content (AvgIpc) is 2.16. The molecule has 1 amide bonds. The second-order valence-electron chi connectivity index (χ2n) is 4.95. The van der Waals surface area contributed by atoms with Crippen LogP contribution in [-0.2, 0) is 4.79 Å². The van der Waals surface area contributed by atoms with Crippen LogP contribution in [0.4, 0.5) is 0 Å². The first-order chi connectivity index (χ1) is 7.00. The van der Waals surface area contributed by atoms with E-state index in [0.29, 0.717) is 11.8 Å². The Labute approximate surface area is 94.6 Å². The van der Waals surface area contributed by atoms with Crippen LogP contribution < -0.4 is 5.73 Å². The molecule has 0 rings (SSSR count). The number of carbonyl (C=O) groups excluding carboxylic acids is 1. The lowest BCUT2D eigenvalue weighted by atomic mass is 9.80. The summed E-state index contributed by atoms with van der Waals surface area (Å²) in [7, 11) is 0. The van der Waals surface area contributed by atoms with E-state index in [1.807, 2.05) is 6.92 Å². The first-order valence-corrected chi connectivity index (χ1v) is 6.30. The maximum absolute atomic E-state index is 11.2. The van der Waals surface area contributed by atoms with E-state index in [9.17, 15) is 4.79 Å². The lowest BCUT2D eigenvalue weighted by Gasteiger charge is -2.25. The van der Waals surface area contributed by atoms with Crippen molar-refractivity contribution in [2.24, 2.45) is 23.5 Å². The van der Waals surface area contributed by atoms with Crippen molar-refractivity contribution in [2.75, 3.05) is 0 Å². The zero-order valence-electron chi connectivity index (χ0n) is 10.8. The SMILES string of the molecule is CCCCCCC(C(C)C)C(C)C(N)=O. The monoisotopic (exact) mass is 213 g/mol. The molecule has 0 heterocycles. The summed E-state index contributed by atoms with van der Waals surface area (Å²) < 4.78 is 0. The minimum absolute atomic E-state index is 0.0200. The van der Waals surface area contributed by atoms with Gasteiger partial charge in [-0.25, -0.2) is 0 Å². The quantitative estimate of drug-likeness (QED) is 0.617. The van der Waals surface area contributed by atoms with Gasteiger partial charge in [0.15, 0.2) is 0 Å². The number of hydrogen-bond donors (Lipinski definition) is 1. The average molecular weight is 213 g/mol. The highest BCUT2D eigenvalue weighted by Crippen LogP contribution is 2.26. The Hall–Kier alpha value is -0.530. The Balaban J connectivity index is 3.99. The third-order valence-electron chi connectivity index (χ3n) is 3.34. The summed E-state index contributed by atoms with van der Waals surface area (Å²) in [6.07, 6.45) is 6.22. The third kappa shape index (κ3) is 5.81. The molecule has 15 heavy (non-hydrogen) atoms. The predicted molar refractivity (Wildman–Crippen MR) is 65.4 cm³/mol. The van der Waals surface area contributed by atoms with E-state index in [4.69, 9.17) is 5.73 Å². The minimum atomic E-state index is -0.149. The third-order valence-corrected chi connectivity index (χ3v) is 3.34. The highest BCUT2D eigenvalue weighted by Gasteiger charge is 2.24. The number of amides is 1. The number of carbonyl (C=O) groups is 1. The van der Waals surface area contributed by atoms with Gasteiger partial charge < -0.3 is 5.73 Å². The van der Waals surface area contributed by atoms with Crippen LogP contribution in [0.1, 0.15) is 59.8 Å². The normalized spacial score (nSPS) is 15.3. The molecule has 0 radical (unpaired) electrons. The molecular weight excluding hydrogens is 186 g/mol. The molecule has 0 aliphatic carbocycles. The molecule has 0 aliphatic rings. The van der Waals surface area contributed by atoms with Gasteiger partial charge in [0, 0.05) is 5.92 Å². The summed E-state index contributed by atoms with van der Waals surface area (Å²) in [5.41, 5.74) is 5.37. The lowest BCUT2D eigenvalue weighted by molar-refractivity contribution is -0.123. The standard InChI is InChI=1S/C13H27NO/c1-5-6-7-8-9-12(10(2)3)11(4)13(14)15/h10-12H,5-9H2,1-4H3,(H2,14,15). The van der Waals surface area contributed by atoms with Gasteiger partial charge in [0.05, 0.1) is 0 Å². The molecule has 0 saturated heterocycles. The van der Waals surface area contributed by atoms with Gasteiger partial charge in [-0.1, -0.05) is 53.4 Å². The maximum atomic E-state index is 11.2. The second-order valence-corrected chi connectivity index (χ2v) is 4.95. The fourth-order valence-corrected chi connectivity index (χ4v) is 2.18. The largest absolute Gasteiger partial charge is 0.369 e. The molecule has 2 heteroatoms. The van der Waals surface area contributed by atoms with E-state index in [1.165, 1.54) is 25.7 Å². The molecule has 2 nitrogen and oxygen atoms in total. The molecule has 0 aromatic rings. The van der Waals surface area contributed by atoms with Crippen molar-refractivity contribution in [3.63, 3.8) is 0 Å². The molecule has 2 atom stereocenters. The van der Waals surface area contributed by atoms with E-state index in [2.05, 4.69) is 20.8 Å². The summed E-state index contributed by atoms with van der Waals surface area (Å²) in [5.74, 6) is 0.879. The van der Waals surface area contributed by atoms with Crippen molar-refractivity contribution in [2.45, 2.75) is 59.8 Å². The molecule has 0 aliphatic heterocycles. The zero-order chi connectivity index (χ0) is 11.8. The van der Waals surface area contributed by atoms with Gasteiger partial charge in [-0.05, 0) is 18.3 Å². The molecule has 2 N–H and O–H groups in total. The van der Waals surface area contributed by atoms with E-state index < -0.39 is 0 Å². The van der Waals surface area contributed by atoms with Crippen molar-refractivity contribution in [3.8, 4) is 0 Å². The Morgan fingerprint density at radius 2 is 1.73 bits per heavy atom. The van der Waals surface area contributed by atoms with Crippen LogP contribution in [0.5, 0.6) is 0 Å². The molecule has 2 unspecified atom stereocenters. The molecule has 0 aromatic carbocycles. The van der Waals surface area contributed by atoms with Crippen molar-refractivity contribution >= 4 is 5.91 Å². The van der Waals surface area contributed by atoms with Crippen LogP contribution in [0, 0.1) is 17.8 Å². The highest BCUT2D eigenvalue weighted by atomic mass is 16.1. The molecule has 0 spiro atoms. The highest BCUT2D eigenvalue weighted by molar-refractivity contribution is 5.76. The van der Waals surface area contributed by atoms with E-state index in [-0.39, 0.29) is 11.8 Å². The molecular formula is C13H27NO. The van der Waals surface area contributed by atoms with E-state index in [0.717, 1.165) is 6.42 Å². The van der Waals surface area contributed by atoms with Crippen LogP contribution in [0.2, 0.25) is 0 Å². The number of primary amides is 1. The first-order valence-electron chi connectivity index (χ1n) is 6.30. The summed E-state index contributed by atoms with van der Waals surface area (Å²) in [5, 5.41) is 0. The Bertz CT molecular complexity index is 177. The molecule has 0 aromatic heterocycles. The summed E-state index contributed by atoms with van der Waals surface area (Å²) in [6, 6.07) is 0. The van der Waals surface area contributed by atoms with Crippen molar-refractivity contribution in [3.05, 3.63) is 0 Å². The smallest absolute Gasteiger partial charge is 0.220 e. The fourth-order valence-electron chi connectivity index (χ4n) is 2.18. The lowest BCUT2D eigenvalue weighted by Crippen LogP contribution is -2.30. The Morgan fingerprint density at radius 3 is 2.13 bits per heavy atom. The zero-order valence-corrected chi connectivity index (χ0v) is 10.8. The Kier molecular flexibility index (Phi) is 7.45. The van der Waals surface area contributed by atoms with E-state index in [1.54, 1.807) is 0 Å². The summed E-state index contributed by atoms with van der Waals surface area (Å²) >= 11 is 0. The van der Waals surface area contributed by atoms with Gasteiger partial charge in [-0.15, -0.1) is 0 Å². The maximum Gasteiger partial charge on any atom is 0.220 e. The van der Waals surface area contributed by atoms with Crippen molar-refractivity contribution in [1.29, 1.82) is 0 Å².